The first-order valence-electron chi connectivity index (χ1n) is 7.01. The van der Waals surface area contributed by atoms with E-state index < -0.39 is 23.5 Å². The highest BCUT2D eigenvalue weighted by Crippen LogP contribution is 2.40. The number of carbonyl (C=O) groups is 3. The van der Waals surface area contributed by atoms with Crippen LogP contribution in [-0.2, 0) is 21.5 Å². The summed E-state index contributed by atoms with van der Waals surface area (Å²) in [5, 5.41) is 2.79. The molecule has 0 bridgehead atoms. The number of primary amides is 1. The molecular formula is C15H17N3O3. The molecule has 1 aliphatic carbocycles. The maximum absolute atomic E-state index is 12.8. The van der Waals surface area contributed by atoms with E-state index in [4.69, 9.17) is 5.73 Å². The minimum Gasteiger partial charge on any atom is -0.368 e. The molecule has 0 saturated carbocycles. The summed E-state index contributed by atoms with van der Waals surface area (Å²) in [4.78, 5) is 37.3. The number of nitrogens with two attached hydrogens (primary N) is 1. The lowest BCUT2D eigenvalue weighted by molar-refractivity contribution is -0.137. The van der Waals surface area contributed by atoms with Gasteiger partial charge < -0.3 is 11.1 Å². The lowest BCUT2D eigenvalue weighted by Crippen LogP contribution is -2.49. The van der Waals surface area contributed by atoms with Crippen molar-refractivity contribution in [3.63, 3.8) is 0 Å². The molecule has 1 aliphatic heterocycles. The molecule has 4 amide bonds. The van der Waals surface area contributed by atoms with Crippen molar-refractivity contribution in [2.24, 2.45) is 5.73 Å². The number of nitrogens with zero attached hydrogens (tertiary/aromatic N) is 1. The van der Waals surface area contributed by atoms with Crippen LogP contribution in [0.5, 0.6) is 0 Å². The summed E-state index contributed by atoms with van der Waals surface area (Å²) in [6, 6.07) is 6.10. The average Bonchev–Trinajstić information content (AvgIpc) is 2.70. The Labute approximate surface area is 122 Å². The molecule has 1 aromatic rings. The van der Waals surface area contributed by atoms with E-state index >= 15 is 0 Å². The highest BCUT2D eigenvalue weighted by molar-refractivity contribution is 6.10. The van der Waals surface area contributed by atoms with Crippen LogP contribution in [0.3, 0.4) is 0 Å². The number of aryl methyl sites for hydroxylation is 1. The zero-order chi connectivity index (χ0) is 15.2. The molecule has 21 heavy (non-hydrogen) atoms. The molecule has 2 aliphatic rings. The van der Waals surface area contributed by atoms with E-state index in [0.717, 1.165) is 28.9 Å². The van der Waals surface area contributed by atoms with Gasteiger partial charge in [0.1, 0.15) is 11.6 Å². The largest absolute Gasteiger partial charge is 0.368 e. The fourth-order valence-electron chi connectivity index (χ4n) is 3.26. The zero-order valence-corrected chi connectivity index (χ0v) is 11.8. The molecular weight excluding hydrogens is 270 g/mol. The maximum atomic E-state index is 12.8. The van der Waals surface area contributed by atoms with Crippen LogP contribution < -0.4 is 11.1 Å². The van der Waals surface area contributed by atoms with Gasteiger partial charge >= 0.3 is 6.03 Å². The summed E-state index contributed by atoms with van der Waals surface area (Å²) in [6.45, 7) is 1.47. The van der Waals surface area contributed by atoms with Gasteiger partial charge in [-0.25, -0.2) is 9.69 Å². The molecule has 1 aromatic carbocycles. The van der Waals surface area contributed by atoms with Crippen molar-refractivity contribution in [1.82, 2.24) is 10.2 Å². The number of carbonyl (C=O) groups excluding carboxylic acids is 3. The van der Waals surface area contributed by atoms with Gasteiger partial charge in [0.2, 0.25) is 5.91 Å². The van der Waals surface area contributed by atoms with Crippen molar-refractivity contribution in [1.29, 1.82) is 0 Å². The normalized spacial score (nSPS) is 25.7. The van der Waals surface area contributed by atoms with Gasteiger partial charge in [0.15, 0.2) is 0 Å². The number of benzene rings is 1. The Balaban J connectivity index is 2.07. The SMILES string of the molecule is CC(C(N)=O)N1C(=O)NC2(CCCc3ccccc32)C1=O. The minimum absolute atomic E-state index is 0.383. The number of hydrogen-bond acceptors (Lipinski definition) is 3. The van der Waals surface area contributed by atoms with E-state index in [2.05, 4.69) is 5.32 Å². The third kappa shape index (κ3) is 1.82. The van der Waals surface area contributed by atoms with Gasteiger partial charge in [-0.3, -0.25) is 9.59 Å². The summed E-state index contributed by atoms with van der Waals surface area (Å²) in [6.07, 6.45) is 2.23. The molecule has 1 spiro atoms. The van der Waals surface area contributed by atoms with Gasteiger partial charge in [-0.05, 0) is 37.3 Å². The molecule has 3 rings (SSSR count). The van der Waals surface area contributed by atoms with Crippen LogP contribution in [-0.4, -0.2) is 28.8 Å². The summed E-state index contributed by atoms with van der Waals surface area (Å²) in [5.41, 5.74) is 6.08. The quantitative estimate of drug-likeness (QED) is 0.782. The summed E-state index contributed by atoms with van der Waals surface area (Å²) < 4.78 is 0. The van der Waals surface area contributed by atoms with Crippen molar-refractivity contribution < 1.29 is 14.4 Å². The van der Waals surface area contributed by atoms with Crippen molar-refractivity contribution in [2.45, 2.75) is 37.8 Å². The lowest BCUT2D eigenvalue weighted by Gasteiger charge is -2.33. The monoisotopic (exact) mass is 287 g/mol. The van der Waals surface area contributed by atoms with Crippen molar-refractivity contribution in [3.8, 4) is 0 Å². The summed E-state index contributed by atoms with van der Waals surface area (Å²) in [5.74, 6) is -1.08. The van der Waals surface area contributed by atoms with Crippen LogP contribution in [0.1, 0.15) is 30.9 Å². The molecule has 1 fully saturated rings. The maximum Gasteiger partial charge on any atom is 0.326 e. The zero-order valence-electron chi connectivity index (χ0n) is 11.8. The highest BCUT2D eigenvalue weighted by Gasteiger charge is 2.55. The van der Waals surface area contributed by atoms with Crippen LogP contribution in [0.2, 0.25) is 0 Å². The Morgan fingerprint density at radius 1 is 1.38 bits per heavy atom. The molecule has 2 unspecified atom stereocenters. The number of urea groups is 1. The molecule has 6 nitrogen and oxygen atoms in total. The Hall–Kier alpha value is -2.37. The molecule has 6 heteroatoms. The van der Waals surface area contributed by atoms with Crippen LogP contribution in [0.15, 0.2) is 24.3 Å². The second kappa shape index (κ2) is 4.58. The fourth-order valence-corrected chi connectivity index (χ4v) is 3.26. The third-order valence-corrected chi connectivity index (χ3v) is 4.40. The Bertz CT molecular complexity index is 643. The molecule has 3 N–H and O–H groups in total. The minimum atomic E-state index is -1.05. The van der Waals surface area contributed by atoms with Crippen molar-refractivity contribution in [3.05, 3.63) is 35.4 Å². The van der Waals surface area contributed by atoms with Gasteiger partial charge in [0, 0.05) is 0 Å². The predicted octanol–water partition coefficient (Wildman–Crippen LogP) is 0.644. The lowest BCUT2D eigenvalue weighted by atomic mass is 9.76. The average molecular weight is 287 g/mol. The van der Waals surface area contributed by atoms with Crippen molar-refractivity contribution in [2.75, 3.05) is 0 Å². The first kappa shape index (κ1) is 13.6. The second-order valence-corrected chi connectivity index (χ2v) is 5.60. The number of imide groups is 1. The standard InChI is InChI=1S/C15H17N3O3/c1-9(12(16)19)18-13(20)15(17-14(18)21)8-4-6-10-5-2-3-7-11(10)15/h2-3,5,7,9H,4,6,8H2,1H3,(H2,16,19)(H,17,21). The Kier molecular flexibility index (Phi) is 2.97. The van der Waals surface area contributed by atoms with Crippen LogP contribution in [0.25, 0.3) is 0 Å². The van der Waals surface area contributed by atoms with E-state index in [-0.39, 0.29) is 5.91 Å². The Morgan fingerprint density at radius 2 is 2.10 bits per heavy atom. The molecule has 2 atom stereocenters. The van der Waals surface area contributed by atoms with Gasteiger partial charge in [0.05, 0.1) is 0 Å². The second-order valence-electron chi connectivity index (χ2n) is 5.60. The van der Waals surface area contributed by atoms with E-state index in [1.807, 2.05) is 24.3 Å². The number of rotatable bonds is 2. The van der Waals surface area contributed by atoms with Gasteiger partial charge in [-0.2, -0.15) is 0 Å². The Morgan fingerprint density at radius 3 is 2.81 bits per heavy atom. The van der Waals surface area contributed by atoms with E-state index in [1.54, 1.807) is 0 Å². The number of hydrogen-bond donors (Lipinski definition) is 2. The predicted molar refractivity (Wildman–Crippen MR) is 75.1 cm³/mol. The third-order valence-electron chi connectivity index (χ3n) is 4.40. The molecule has 1 heterocycles. The smallest absolute Gasteiger partial charge is 0.326 e. The molecule has 1 saturated heterocycles. The van der Waals surface area contributed by atoms with Gasteiger partial charge in [-0.1, -0.05) is 24.3 Å². The van der Waals surface area contributed by atoms with E-state index in [1.165, 1.54) is 6.92 Å². The van der Waals surface area contributed by atoms with E-state index in [0.29, 0.717) is 6.42 Å². The molecule has 0 aromatic heterocycles. The van der Waals surface area contributed by atoms with Crippen molar-refractivity contribution >= 4 is 17.8 Å². The van der Waals surface area contributed by atoms with Crippen LogP contribution in [0, 0.1) is 0 Å². The van der Waals surface area contributed by atoms with E-state index in [9.17, 15) is 14.4 Å². The molecule has 110 valence electrons. The van der Waals surface area contributed by atoms with Gasteiger partial charge in [0.25, 0.3) is 5.91 Å². The van der Waals surface area contributed by atoms with Crippen LogP contribution in [0.4, 0.5) is 4.79 Å². The first-order chi connectivity index (χ1) is 9.97. The summed E-state index contributed by atoms with van der Waals surface area (Å²) in [7, 11) is 0. The fraction of sp³-hybridized carbons (Fsp3) is 0.400. The molecule has 0 radical (unpaired) electrons. The number of amides is 4. The van der Waals surface area contributed by atoms with Crippen LogP contribution >= 0.6 is 0 Å². The topological polar surface area (TPSA) is 92.5 Å². The van der Waals surface area contributed by atoms with Gasteiger partial charge in [-0.15, -0.1) is 0 Å². The first-order valence-corrected chi connectivity index (χ1v) is 7.01. The number of fused-ring (bicyclic) bond motifs is 2. The number of nitrogens with one attached hydrogen (secondary N) is 1. The highest BCUT2D eigenvalue weighted by atomic mass is 16.2. The summed E-state index contributed by atoms with van der Waals surface area (Å²) >= 11 is 0.